The Balaban J connectivity index is 1.45. The molecule has 1 heterocycles. The van der Waals surface area contributed by atoms with E-state index in [1.165, 1.54) is 6.07 Å². The molecule has 0 bridgehead atoms. The Morgan fingerprint density at radius 1 is 0.878 bits per heavy atom. The molecule has 0 aliphatic carbocycles. The summed E-state index contributed by atoms with van der Waals surface area (Å²) in [5.41, 5.74) is 16.4. The quantitative estimate of drug-likeness (QED) is 0.0639. The van der Waals surface area contributed by atoms with E-state index in [4.69, 9.17) is 26.6 Å². The smallest absolute Gasteiger partial charge is 0.384 e. The van der Waals surface area contributed by atoms with Crippen LogP contribution in [0.25, 0.3) is 11.0 Å². The lowest BCUT2D eigenvalue weighted by Crippen LogP contribution is -2.30. The van der Waals surface area contributed by atoms with E-state index < -0.39 is 11.7 Å². The summed E-state index contributed by atoms with van der Waals surface area (Å²) in [6.45, 7) is 4.43. The summed E-state index contributed by atoms with van der Waals surface area (Å²) in [6, 6.07) is 25.6. The van der Waals surface area contributed by atoms with Gasteiger partial charge in [0.1, 0.15) is 11.7 Å². The van der Waals surface area contributed by atoms with Crippen LogP contribution in [0.15, 0.2) is 91.0 Å². The first-order valence-corrected chi connectivity index (χ1v) is 16.3. The van der Waals surface area contributed by atoms with Gasteiger partial charge in [0.15, 0.2) is 0 Å². The van der Waals surface area contributed by atoms with E-state index in [-0.39, 0.29) is 24.8 Å². The fourth-order valence-corrected chi connectivity index (χ4v) is 5.78. The molecule has 49 heavy (non-hydrogen) atoms. The Kier molecular flexibility index (Phi) is 11.5. The van der Waals surface area contributed by atoms with Crippen molar-refractivity contribution >= 4 is 22.8 Å². The van der Waals surface area contributed by atoms with Gasteiger partial charge in [0.2, 0.25) is 0 Å². The van der Waals surface area contributed by atoms with E-state index in [2.05, 4.69) is 4.57 Å². The first-order valence-electron chi connectivity index (χ1n) is 16.3. The summed E-state index contributed by atoms with van der Waals surface area (Å²) < 4.78 is 48.3. The summed E-state index contributed by atoms with van der Waals surface area (Å²) in [7, 11) is 0. The number of benzene rings is 4. The van der Waals surface area contributed by atoms with Crippen LogP contribution in [-0.4, -0.2) is 39.4 Å². The lowest BCUT2D eigenvalue weighted by molar-refractivity contribution is -0.137. The fourth-order valence-electron chi connectivity index (χ4n) is 5.78. The number of nitrogens with two attached hydrogens (primary N) is 2. The summed E-state index contributed by atoms with van der Waals surface area (Å²) in [5, 5.41) is 7.64. The number of aromatic nitrogens is 2. The molecule has 0 saturated heterocycles. The number of imidazole rings is 1. The van der Waals surface area contributed by atoms with Gasteiger partial charge in [0.05, 0.1) is 16.6 Å². The van der Waals surface area contributed by atoms with E-state index in [1.54, 1.807) is 23.1 Å². The minimum atomic E-state index is -4.49. The van der Waals surface area contributed by atoms with Crippen LogP contribution in [0.4, 0.5) is 13.2 Å². The molecule has 0 atom stereocenters. The highest BCUT2D eigenvalue weighted by atomic mass is 19.4. The summed E-state index contributed by atoms with van der Waals surface area (Å²) in [5.74, 6) is 0.568. The molecule has 0 aliphatic rings. The fraction of sp³-hybridized carbons (Fsp3) is 0.289. The molecule has 8 nitrogen and oxygen atoms in total. The summed E-state index contributed by atoms with van der Waals surface area (Å²) in [6.07, 6.45) is -2.35. The third kappa shape index (κ3) is 9.13. The topological polar surface area (TPSA) is 123 Å². The van der Waals surface area contributed by atoms with Gasteiger partial charge in [-0.3, -0.25) is 10.2 Å². The first-order chi connectivity index (χ1) is 23.5. The number of alkyl halides is 3. The van der Waals surface area contributed by atoms with Crippen LogP contribution in [0.1, 0.15) is 62.9 Å². The van der Waals surface area contributed by atoms with E-state index in [9.17, 15) is 18.0 Å². The zero-order chi connectivity index (χ0) is 35.0. The number of hydrogen-bond acceptors (Lipinski definition) is 5. The molecule has 0 spiro atoms. The molecule has 5 rings (SSSR count). The number of amides is 1. The SMILES string of the molecule is CCOCCCn1c(CCc2ccc(C(=N)N)cc2)nc2cc(C(=O)N(Cc3ccc(CN)cc3)Cc3cccc(C(F)(F)F)c3)ccc21. The van der Waals surface area contributed by atoms with Crippen molar-refractivity contribution in [2.24, 2.45) is 11.5 Å². The number of fused-ring (bicyclic) bond motifs is 1. The normalized spacial score (nSPS) is 11.6. The van der Waals surface area contributed by atoms with Gasteiger partial charge in [0.25, 0.3) is 5.91 Å². The lowest BCUT2D eigenvalue weighted by atomic mass is 10.1. The summed E-state index contributed by atoms with van der Waals surface area (Å²) >= 11 is 0. The van der Waals surface area contributed by atoms with E-state index in [1.807, 2.05) is 61.5 Å². The van der Waals surface area contributed by atoms with Gasteiger partial charge < -0.3 is 25.7 Å². The Morgan fingerprint density at radius 3 is 2.22 bits per heavy atom. The Labute approximate surface area is 284 Å². The zero-order valence-electron chi connectivity index (χ0n) is 27.5. The molecule has 5 aromatic rings. The van der Waals surface area contributed by atoms with Crippen LogP contribution in [0.5, 0.6) is 0 Å². The molecule has 11 heteroatoms. The van der Waals surface area contributed by atoms with Gasteiger partial charge in [-0.1, -0.05) is 60.7 Å². The van der Waals surface area contributed by atoms with Crippen molar-refractivity contribution in [2.75, 3.05) is 13.2 Å². The molecule has 4 aromatic carbocycles. The van der Waals surface area contributed by atoms with Crippen molar-refractivity contribution in [1.82, 2.24) is 14.5 Å². The molecule has 256 valence electrons. The molecule has 5 N–H and O–H groups in total. The first kappa shape index (κ1) is 35.3. The Morgan fingerprint density at radius 2 is 1.55 bits per heavy atom. The van der Waals surface area contributed by atoms with Gasteiger partial charge >= 0.3 is 6.18 Å². The van der Waals surface area contributed by atoms with Gasteiger partial charge in [-0.2, -0.15) is 13.2 Å². The number of rotatable bonds is 15. The number of nitrogens with zero attached hydrogens (tertiary/aromatic N) is 3. The van der Waals surface area contributed by atoms with E-state index in [0.29, 0.717) is 61.4 Å². The molecule has 1 amide bonds. The average molecular weight is 671 g/mol. The van der Waals surface area contributed by atoms with Crippen molar-refractivity contribution in [3.63, 3.8) is 0 Å². The second kappa shape index (κ2) is 15.9. The Bertz CT molecular complexity index is 1890. The van der Waals surface area contributed by atoms with Crippen LogP contribution in [0, 0.1) is 5.41 Å². The lowest BCUT2D eigenvalue weighted by Gasteiger charge is -2.24. The van der Waals surface area contributed by atoms with Gasteiger partial charge in [-0.25, -0.2) is 4.98 Å². The van der Waals surface area contributed by atoms with Gasteiger partial charge in [0, 0.05) is 56.9 Å². The highest BCUT2D eigenvalue weighted by Gasteiger charge is 2.30. The number of nitrogen functional groups attached to an aromatic ring is 1. The number of aryl methyl sites for hydroxylation is 3. The minimum Gasteiger partial charge on any atom is -0.384 e. The van der Waals surface area contributed by atoms with Crippen LogP contribution in [0.3, 0.4) is 0 Å². The molecule has 0 radical (unpaired) electrons. The maximum absolute atomic E-state index is 14.1. The molecular weight excluding hydrogens is 629 g/mol. The van der Waals surface area contributed by atoms with Crippen LogP contribution >= 0.6 is 0 Å². The van der Waals surface area contributed by atoms with Crippen molar-refractivity contribution < 1.29 is 22.7 Å². The van der Waals surface area contributed by atoms with Gasteiger partial charge in [-0.05, 0) is 72.4 Å². The van der Waals surface area contributed by atoms with E-state index >= 15 is 0 Å². The monoisotopic (exact) mass is 670 g/mol. The molecule has 0 fully saturated rings. The predicted molar refractivity (Wildman–Crippen MR) is 185 cm³/mol. The van der Waals surface area contributed by atoms with Crippen LogP contribution in [0.2, 0.25) is 0 Å². The third-order valence-corrected chi connectivity index (χ3v) is 8.40. The standard InChI is InChI=1S/C38H41F3N6O2/c1-2-49-20-4-19-47-34-17-16-31(22-33(34)45-35(47)18-13-26-11-14-30(15-12-26)36(43)44)37(48)46(24-28-9-7-27(23-42)8-10-28)25-29-5-3-6-32(21-29)38(39,40)41/h3,5-12,14-17,21-22H,2,4,13,18-20,23-25,42H2,1H3,(H3,43,44). The van der Waals surface area contributed by atoms with Crippen molar-refractivity contribution in [3.8, 4) is 0 Å². The van der Waals surface area contributed by atoms with E-state index in [0.717, 1.165) is 46.6 Å². The number of carbonyl (C=O) groups excluding carboxylic acids is 1. The number of halogens is 3. The average Bonchev–Trinajstić information content (AvgIpc) is 3.45. The minimum absolute atomic E-state index is 0.0149. The van der Waals surface area contributed by atoms with Crippen LogP contribution in [-0.2, 0) is 49.9 Å². The molecule has 0 saturated carbocycles. The zero-order valence-corrected chi connectivity index (χ0v) is 27.5. The highest BCUT2D eigenvalue weighted by Crippen LogP contribution is 2.30. The molecule has 0 unspecified atom stereocenters. The van der Waals surface area contributed by atoms with Crippen molar-refractivity contribution in [3.05, 3.63) is 136 Å². The second-order valence-electron chi connectivity index (χ2n) is 11.9. The summed E-state index contributed by atoms with van der Waals surface area (Å²) in [4.78, 5) is 20.6. The largest absolute Gasteiger partial charge is 0.416 e. The maximum atomic E-state index is 14.1. The predicted octanol–water partition coefficient (Wildman–Crippen LogP) is 6.85. The molecular formula is C38H41F3N6O2. The number of hydrogen-bond donors (Lipinski definition) is 3. The molecule has 0 aliphatic heterocycles. The number of carbonyl (C=O) groups is 1. The van der Waals surface area contributed by atoms with Crippen molar-refractivity contribution in [2.45, 2.75) is 58.5 Å². The third-order valence-electron chi connectivity index (χ3n) is 8.40. The highest BCUT2D eigenvalue weighted by molar-refractivity contribution is 5.97. The van der Waals surface area contributed by atoms with Crippen molar-refractivity contribution in [1.29, 1.82) is 5.41 Å². The molecule has 1 aromatic heterocycles. The number of nitrogens with one attached hydrogen (secondary N) is 1. The Hall–Kier alpha value is -5.00. The van der Waals surface area contributed by atoms with Gasteiger partial charge in [-0.15, -0.1) is 0 Å². The maximum Gasteiger partial charge on any atom is 0.416 e. The second-order valence-corrected chi connectivity index (χ2v) is 11.9. The number of ether oxygens (including phenoxy) is 1. The van der Waals surface area contributed by atoms with Crippen LogP contribution < -0.4 is 11.5 Å². The number of amidine groups is 1.